The summed E-state index contributed by atoms with van der Waals surface area (Å²) in [5.41, 5.74) is 3.64. The minimum Gasteiger partial charge on any atom is -0.504 e. The van der Waals surface area contributed by atoms with Crippen molar-refractivity contribution in [2.45, 2.75) is 13.0 Å². The highest BCUT2D eigenvalue weighted by Crippen LogP contribution is 2.25. The maximum atomic E-state index is 11.9. The van der Waals surface area contributed by atoms with Crippen molar-refractivity contribution in [2.24, 2.45) is 5.10 Å². The summed E-state index contributed by atoms with van der Waals surface area (Å²) in [5, 5.41) is 15.8. The van der Waals surface area contributed by atoms with E-state index in [1.54, 1.807) is 19.1 Å². The molecular formula is C18H19N3O4. The number of methoxy groups -OCH3 is 1. The number of ether oxygens (including phenoxy) is 1. The molecule has 0 saturated carbocycles. The SMILES string of the molecule is COc1cc(C=NNC(=O)C(=O)NC(C)c2ccccc2)ccc1O. The molecule has 25 heavy (non-hydrogen) atoms. The van der Waals surface area contributed by atoms with E-state index in [-0.39, 0.29) is 17.5 Å². The molecule has 2 aromatic carbocycles. The van der Waals surface area contributed by atoms with Gasteiger partial charge in [0.15, 0.2) is 11.5 Å². The van der Waals surface area contributed by atoms with Gasteiger partial charge in [0.25, 0.3) is 0 Å². The molecule has 2 amide bonds. The largest absolute Gasteiger partial charge is 0.504 e. The van der Waals surface area contributed by atoms with Crippen molar-refractivity contribution in [3.63, 3.8) is 0 Å². The van der Waals surface area contributed by atoms with E-state index >= 15 is 0 Å². The summed E-state index contributed by atoms with van der Waals surface area (Å²) < 4.78 is 4.97. The lowest BCUT2D eigenvalue weighted by Crippen LogP contribution is -2.39. The number of benzene rings is 2. The fourth-order valence-electron chi connectivity index (χ4n) is 2.08. The van der Waals surface area contributed by atoms with Gasteiger partial charge in [-0.3, -0.25) is 9.59 Å². The van der Waals surface area contributed by atoms with E-state index in [0.29, 0.717) is 5.56 Å². The third-order valence-electron chi connectivity index (χ3n) is 3.44. The van der Waals surface area contributed by atoms with Gasteiger partial charge in [0.05, 0.1) is 19.4 Å². The Morgan fingerprint density at radius 2 is 1.88 bits per heavy atom. The lowest BCUT2D eigenvalue weighted by molar-refractivity contribution is -0.139. The van der Waals surface area contributed by atoms with E-state index in [1.165, 1.54) is 19.4 Å². The number of rotatable bonds is 5. The third kappa shape index (κ3) is 5.07. The van der Waals surface area contributed by atoms with Gasteiger partial charge in [-0.1, -0.05) is 30.3 Å². The van der Waals surface area contributed by atoms with Crippen LogP contribution in [0.3, 0.4) is 0 Å². The predicted octanol–water partition coefficient (Wildman–Crippen LogP) is 1.73. The van der Waals surface area contributed by atoms with Crippen molar-refractivity contribution in [1.82, 2.24) is 10.7 Å². The standard InChI is InChI=1S/C18H19N3O4/c1-12(14-6-4-3-5-7-14)20-17(23)18(24)21-19-11-13-8-9-15(22)16(10-13)25-2/h3-12,22H,1-2H3,(H,20,23)(H,21,24). The minimum atomic E-state index is -0.871. The van der Waals surface area contributed by atoms with Crippen LogP contribution in [0.25, 0.3) is 0 Å². The molecule has 0 aliphatic rings. The van der Waals surface area contributed by atoms with Gasteiger partial charge in [-0.2, -0.15) is 5.10 Å². The Kier molecular flexibility index (Phi) is 6.11. The average molecular weight is 341 g/mol. The van der Waals surface area contributed by atoms with Crippen LogP contribution in [-0.2, 0) is 9.59 Å². The van der Waals surface area contributed by atoms with Gasteiger partial charge in [0.1, 0.15) is 0 Å². The highest BCUT2D eigenvalue weighted by Gasteiger charge is 2.16. The maximum Gasteiger partial charge on any atom is 0.329 e. The Balaban J connectivity index is 1.90. The molecule has 2 aromatic rings. The third-order valence-corrected chi connectivity index (χ3v) is 3.44. The van der Waals surface area contributed by atoms with Crippen molar-refractivity contribution in [3.05, 3.63) is 59.7 Å². The van der Waals surface area contributed by atoms with Crippen LogP contribution in [0.15, 0.2) is 53.6 Å². The molecule has 0 bridgehead atoms. The second-order valence-electron chi connectivity index (χ2n) is 5.24. The van der Waals surface area contributed by atoms with Crippen LogP contribution < -0.4 is 15.5 Å². The minimum absolute atomic E-state index is 0.00189. The molecule has 0 spiro atoms. The number of phenolic OH excluding ortho intramolecular Hbond substituents is 1. The molecule has 1 atom stereocenters. The smallest absolute Gasteiger partial charge is 0.329 e. The summed E-state index contributed by atoms with van der Waals surface area (Å²) in [6, 6.07) is 13.6. The molecule has 1 unspecified atom stereocenters. The molecule has 0 aromatic heterocycles. The first kappa shape index (κ1) is 18.0. The number of hydrazone groups is 1. The van der Waals surface area contributed by atoms with Crippen molar-refractivity contribution in [2.75, 3.05) is 7.11 Å². The van der Waals surface area contributed by atoms with Crippen LogP contribution in [0, 0.1) is 0 Å². The van der Waals surface area contributed by atoms with Crippen LogP contribution >= 0.6 is 0 Å². The van der Waals surface area contributed by atoms with Crippen LogP contribution in [0.5, 0.6) is 11.5 Å². The van der Waals surface area contributed by atoms with E-state index in [9.17, 15) is 14.7 Å². The monoisotopic (exact) mass is 341 g/mol. The Hall–Kier alpha value is -3.35. The summed E-state index contributed by atoms with van der Waals surface area (Å²) in [5.74, 6) is -1.37. The molecule has 0 aliphatic heterocycles. The van der Waals surface area contributed by atoms with Crippen LogP contribution in [0.2, 0.25) is 0 Å². The topological polar surface area (TPSA) is 100 Å². The predicted molar refractivity (Wildman–Crippen MR) is 93.4 cm³/mol. The highest BCUT2D eigenvalue weighted by molar-refractivity contribution is 6.35. The van der Waals surface area contributed by atoms with E-state index < -0.39 is 11.8 Å². The van der Waals surface area contributed by atoms with E-state index in [0.717, 1.165) is 5.56 Å². The molecule has 0 aliphatic carbocycles. The van der Waals surface area contributed by atoms with E-state index in [2.05, 4.69) is 15.8 Å². The number of aromatic hydroxyl groups is 1. The number of nitrogens with one attached hydrogen (secondary N) is 2. The molecule has 0 fully saturated rings. The number of amides is 2. The number of nitrogens with zero attached hydrogens (tertiary/aromatic N) is 1. The molecule has 7 nitrogen and oxygen atoms in total. The van der Waals surface area contributed by atoms with Gasteiger partial charge in [-0.25, -0.2) is 5.43 Å². The molecular weight excluding hydrogens is 322 g/mol. The zero-order valence-electron chi connectivity index (χ0n) is 13.9. The number of hydrogen-bond donors (Lipinski definition) is 3. The summed E-state index contributed by atoms with van der Waals surface area (Å²) in [4.78, 5) is 23.6. The summed E-state index contributed by atoms with van der Waals surface area (Å²) in [6.07, 6.45) is 1.34. The van der Waals surface area contributed by atoms with Gasteiger partial charge in [-0.05, 0) is 36.2 Å². The Labute approximate surface area is 145 Å². The molecule has 7 heteroatoms. The molecule has 0 radical (unpaired) electrons. The Morgan fingerprint density at radius 1 is 1.16 bits per heavy atom. The number of hydrogen-bond acceptors (Lipinski definition) is 5. The molecule has 2 rings (SSSR count). The average Bonchev–Trinajstić information content (AvgIpc) is 2.63. The van der Waals surface area contributed by atoms with E-state index in [1.807, 2.05) is 30.3 Å². The lowest BCUT2D eigenvalue weighted by atomic mass is 10.1. The molecule has 3 N–H and O–H groups in total. The lowest BCUT2D eigenvalue weighted by Gasteiger charge is -2.13. The summed E-state index contributed by atoms with van der Waals surface area (Å²) in [7, 11) is 1.43. The van der Waals surface area contributed by atoms with Crippen LogP contribution in [0.4, 0.5) is 0 Å². The fraction of sp³-hybridized carbons (Fsp3) is 0.167. The molecule has 0 heterocycles. The summed E-state index contributed by atoms with van der Waals surface area (Å²) >= 11 is 0. The zero-order chi connectivity index (χ0) is 18.2. The molecule has 130 valence electrons. The van der Waals surface area contributed by atoms with Crippen LogP contribution in [-0.4, -0.2) is 30.2 Å². The second kappa shape index (κ2) is 8.49. The first-order valence-corrected chi connectivity index (χ1v) is 7.57. The number of carbonyl (C=O) groups is 2. The van der Waals surface area contributed by atoms with Crippen molar-refractivity contribution >= 4 is 18.0 Å². The summed E-state index contributed by atoms with van der Waals surface area (Å²) in [6.45, 7) is 1.78. The zero-order valence-corrected chi connectivity index (χ0v) is 13.9. The maximum absolute atomic E-state index is 11.9. The Bertz CT molecular complexity index is 775. The van der Waals surface area contributed by atoms with Gasteiger partial charge in [0.2, 0.25) is 0 Å². The van der Waals surface area contributed by atoms with Crippen molar-refractivity contribution in [3.8, 4) is 11.5 Å². The fourth-order valence-corrected chi connectivity index (χ4v) is 2.08. The first-order chi connectivity index (χ1) is 12.0. The van der Waals surface area contributed by atoms with Crippen molar-refractivity contribution in [1.29, 1.82) is 0 Å². The second-order valence-corrected chi connectivity index (χ2v) is 5.24. The van der Waals surface area contributed by atoms with Gasteiger partial charge in [-0.15, -0.1) is 0 Å². The number of phenols is 1. The first-order valence-electron chi connectivity index (χ1n) is 7.57. The van der Waals surface area contributed by atoms with Gasteiger partial charge < -0.3 is 15.2 Å². The molecule has 0 saturated heterocycles. The van der Waals surface area contributed by atoms with Gasteiger partial charge in [0, 0.05) is 0 Å². The van der Waals surface area contributed by atoms with Gasteiger partial charge >= 0.3 is 11.8 Å². The van der Waals surface area contributed by atoms with E-state index in [4.69, 9.17) is 4.74 Å². The van der Waals surface area contributed by atoms with Crippen molar-refractivity contribution < 1.29 is 19.4 Å². The Morgan fingerprint density at radius 3 is 2.56 bits per heavy atom. The van der Waals surface area contributed by atoms with Crippen LogP contribution in [0.1, 0.15) is 24.1 Å². The highest BCUT2D eigenvalue weighted by atomic mass is 16.5. The normalized spacial score (nSPS) is 11.8. The quantitative estimate of drug-likeness (QED) is 0.438. The number of carbonyl (C=O) groups excluding carboxylic acids is 2.